The Balaban J connectivity index is 2.05. The number of hydrogen-bond donors (Lipinski definition) is 1. The summed E-state index contributed by atoms with van der Waals surface area (Å²) in [6.07, 6.45) is 9.99. The number of allylic oxidation sites excluding steroid dienone is 3. The van der Waals surface area contributed by atoms with Crippen molar-refractivity contribution in [1.82, 2.24) is 19.7 Å². The highest BCUT2D eigenvalue weighted by Crippen LogP contribution is 2.29. The Kier molecular flexibility index (Phi) is 4.24. The molecular weight excluding hydrogens is 284 g/mol. The highest BCUT2D eigenvalue weighted by atomic mass is 15.3. The lowest BCUT2D eigenvalue weighted by atomic mass is 10.1. The van der Waals surface area contributed by atoms with Crippen LogP contribution in [0.25, 0.3) is 28.7 Å². The largest absolute Gasteiger partial charge is 0.341 e. The summed E-state index contributed by atoms with van der Waals surface area (Å²) in [5.74, 6) is 0.842. The van der Waals surface area contributed by atoms with Crippen LogP contribution in [-0.2, 0) is 7.05 Å². The minimum Gasteiger partial charge on any atom is -0.341 e. The van der Waals surface area contributed by atoms with Gasteiger partial charge < -0.3 is 4.98 Å². The fourth-order valence-corrected chi connectivity index (χ4v) is 2.49. The quantitative estimate of drug-likeness (QED) is 0.727. The topological polar surface area (TPSA) is 46.5 Å². The van der Waals surface area contributed by atoms with Crippen LogP contribution in [0.5, 0.6) is 0 Å². The second kappa shape index (κ2) is 6.48. The minimum absolute atomic E-state index is 0.842. The third kappa shape index (κ3) is 3.16. The molecule has 3 aromatic rings. The summed E-state index contributed by atoms with van der Waals surface area (Å²) in [4.78, 5) is 8.09. The maximum atomic E-state index is 4.72. The molecule has 0 saturated heterocycles. The molecule has 0 bridgehead atoms. The van der Waals surface area contributed by atoms with Crippen LogP contribution in [0.2, 0.25) is 0 Å². The monoisotopic (exact) mass is 304 g/mol. The molecule has 0 aliphatic carbocycles. The van der Waals surface area contributed by atoms with E-state index in [9.17, 15) is 0 Å². The van der Waals surface area contributed by atoms with Crippen molar-refractivity contribution in [3.63, 3.8) is 0 Å². The van der Waals surface area contributed by atoms with E-state index in [2.05, 4.69) is 22.2 Å². The molecular formula is C19H20N4. The molecule has 3 rings (SSSR count). The molecule has 4 heteroatoms. The van der Waals surface area contributed by atoms with Crippen molar-refractivity contribution < 1.29 is 0 Å². The smallest absolute Gasteiger partial charge is 0.142 e. The first kappa shape index (κ1) is 15.0. The van der Waals surface area contributed by atoms with Crippen molar-refractivity contribution in [2.24, 2.45) is 7.05 Å². The van der Waals surface area contributed by atoms with Crippen LogP contribution in [-0.4, -0.2) is 19.7 Å². The number of nitrogens with one attached hydrogen (secondary N) is 1. The lowest BCUT2D eigenvalue weighted by molar-refractivity contribution is 0.771. The average Bonchev–Trinajstić information content (AvgIpc) is 3.12. The van der Waals surface area contributed by atoms with Gasteiger partial charge in [-0.05, 0) is 19.9 Å². The number of aromatic amines is 1. The van der Waals surface area contributed by atoms with Gasteiger partial charge in [0.25, 0.3) is 0 Å². The van der Waals surface area contributed by atoms with Crippen LogP contribution < -0.4 is 0 Å². The molecule has 116 valence electrons. The first-order valence-electron chi connectivity index (χ1n) is 7.64. The maximum absolute atomic E-state index is 4.72. The maximum Gasteiger partial charge on any atom is 0.142 e. The molecule has 2 heterocycles. The molecule has 0 fully saturated rings. The predicted octanol–water partition coefficient (Wildman–Crippen LogP) is 4.37. The Morgan fingerprint density at radius 3 is 2.65 bits per heavy atom. The van der Waals surface area contributed by atoms with Gasteiger partial charge in [0.15, 0.2) is 0 Å². The van der Waals surface area contributed by atoms with Gasteiger partial charge in [-0.3, -0.25) is 4.68 Å². The van der Waals surface area contributed by atoms with Gasteiger partial charge in [-0.15, -0.1) is 0 Å². The Hall–Kier alpha value is -2.88. The van der Waals surface area contributed by atoms with Crippen molar-refractivity contribution in [3.8, 4) is 22.6 Å². The molecule has 0 unspecified atom stereocenters. The highest BCUT2D eigenvalue weighted by Gasteiger charge is 2.15. The first-order chi connectivity index (χ1) is 11.2. The molecule has 0 radical (unpaired) electrons. The van der Waals surface area contributed by atoms with E-state index in [1.807, 2.05) is 74.3 Å². The summed E-state index contributed by atoms with van der Waals surface area (Å²) in [7, 11) is 1.93. The fourth-order valence-electron chi connectivity index (χ4n) is 2.49. The number of aromatic nitrogens is 4. The van der Waals surface area contributed by atoms with Crippen molar-refractivity contribution in [2.75, 3.05) is 0 Å². The Morgan fingerprint density at radius 2 is 1.91 bits per heavy atom. The second-order valence-electron chi connectivity index (χ2n) is 5.41. The van der Waals surface area contributed by atoms with Crippen LogP contribution in [0.15, 0.2) is 54.8 Å². The van der Waals surface area contributed by atoms with Crippen LogP contribution in [0.4, 0.5) is 0 Å². The number of aryl methyl sites for hydroxylation is 2. The summed E-state index contributed by atoms with van der Waals surface area (Å²) in [6, 6.07) is 10.2. The number of rotatable bonds is 4. The van der Waals surface area contributed by atoms with Gasteiger partial charge in [-0.25, -0.2) is 4.98 Å². The predicted molar refractivity (Wildman–Crippen MR) is 94.8 cm³/mol. The molecule has 0 atom stereocenters. The third-order valence-electron chi connectivity index (χ3n) is 3.61. The van der Waals surface area contributed by atoms with Gasteiger partial charge >= 0.3 is 0 Å². The van der Waals surface area contributed by atoms with Crippen molar-refractivity contribution in [2.45, 2.75) is 13.8 Å². The van der Waals surface area contributed by atoms with Gasteiger partial charge in [0, 0.05) is 24.5 Å². The second-order valence-corrected chi connectivity index (χ2v) is 5.41. The van der Waals surface area contributed by atoms with Crippen molar-refractivity contribution in [1.29, 1.82) is 0 Å². The first-order valence-corrected chi connectivity index (χ1v) is 7.64. The number of nitrogens with zero attached hydrogens (tertiary/aromatic N) is 3. The highest BCUT2D eigenvalue weighted by molar-refractivity contribution is 5.77. The van der Waals surface area contributed by atoms with Crippen LogP contribution in [0, 0.1) is 6.92 Å². The summed E-state index contributed by atoms with van der Waals surface area (Å²) in [5, 5.41) is 4.60. The van der Waals surface area contributed by atoms with E-state index >= 15 is 0 Å². The Labute approximate surface area is 136 Å². The molecule has 23 heavy (non-hydrogen) atoms. The summed E-state index contributed by atoms with van der Waals surface area (Å²) >= 11 is 0. The van der Waals surface area contributed by atoms with Gasteiger partial charge in [0.05, 0.1) is 11.3 Å². The summed E-state index contributed by atoms with van der Waals surface area (Å²) in [6.45, 7) is 4.03. The van der Waals surface area contributed by atoms with E-state index in [1.54, 1.807) is 0 Å². The van der Waals surface area contributed by atoms with Crippen LogP contribution in [0.3, 0.4) is 0 Å². The summed E-state index contributed by atoms with van der Waals surface area (Å²) in [5.41, 5.74) is 5.02. The number of benzene rings is 1. The Bertz CT molecular complexity index is 851. The van der Waals surface area contributed by atoms with Gasteiger partial charge in [-0.1, -0.05) is 48.6 Å². The van der Waals surface area contributed by atoms with Crippen molar-refractivity contribution in [3.05, 3.63) is 66.1 Å². The lowest BCUT2D eigenvalue weighted by Gasteiger charge is -1.99. The average molecular weight is 304 g/mol. The Morgan fingerprint density at radius 1 is 1.13 bits per heavy atom. The number of hydrogen-bond acceptors (Lipinski definition) is 2. The van der Waals surface area contributed by atoms with E-state index in [-0.39, 0.29) is 0 Å². The standard InChI is InChI=1S/C19H20N4/c1-4-5-7-12-17-14(2)20-19(21-17)16-13-23(3)22-18(16)15-10-8-6-9-11-15/h4-13H,1-3H3,(H,20,21)/b5-4+,12-7-. The lowest BCUT2D eigenvalue weighted by Crippen LogP contribution is -1.87. The molecule has 2 aromatic heterocycles. The zero-order valence-corrected chi connectivity index (χ0v) is 13.6. The number of imidazole rings is 1. The third-order valence-corrected chi connectivity index (χ3v) is 3.61. The normalized spacial score (nSPS) is 11.8. The van der Waals surface area contributed by atoms with Gasteiger partial charge in [-0.2, -0.15) is 5.10 Å². The van der Waals surface area contributed by atoms with E-state index in [0.29, 0.717) is 0 Å². The van der Waals surface area contributed by atoms with E-state index in [0.717, 1.165) is 34.0 Å². The van der Waals surface area contributed by atoms with Crippen LogP contribution >= 0.6 is 0 Å². The molecule has 0 aliphatic heterocycles. The molecule has 4 nitrogen and oxygen atoms in total. The van der Waals surface area contributed by atoms with E-state index < -0.39 is 0 Å². The zero-order valence-electron chi connectivity index (χ0n) is 13.6. The van der Waals surface area contributed by atoms with E-state index in [4.69, 9.17) is 4.98 Å². The van der Waals surface area contributed by atoms with Crippen LogP contribution in [0.1, 0.15) is 18.3 Å². The molecule has 1 aromatic carbocycles. The fraction of sp³-hybridized carbons (Fsp3) is 0.158. The SMILES string of the molecule is C/C=C/C=C\c1nc(-c2cn(C)nc2-c2ccccc2)[nH]c1C. The van der Waals surface area contributed by atoms with Gasteiger partial charge in [0.2, 0.25) is 0 Å². The van der Waals surface area contributed by atoms with Crippen molar-refractivity contribution >= 4 is 6.08 Å². The number of H-pyrrole nitrogens is 1. The zero-order chi connectivity index (χ0) is 16.2. The molecule has 1 N–H and O–H groups in total. The molecule has 0 amide bonds. The molecule has 0 aliphatic rings. The van der Waals surface area contributed by atoms with E-state index in [1.165, 1.54) is 0 Å². The minimum atomic E-state index is 0.842. The van der Waals surface area contributed by atoms with Gasteiger partial charge in [0.1, 0.15) is 11.5 Å². The molecule has 0 saturated carbocycles. The summed E-state index contributed by atoms with van der Waals surface area (Å²) < 4.78 is 1.82. The molecule has 0 spiro atoms.